The second-order valence-corrected chi connectivity index (χ2v) is 11.6. The van der Waals surface area contributed by atoms with Gasteiger partial charge in [-0.15, -0.1) is 34.0 Å². The Morgan fingerprint density at radius 3 is 2.66 bits per heavy atom. The van der Waals surface area contributed by atoms with Crippen molar-refractivity contribution >= 4 is 51.7 Å². The number of nitrogens with one attached hydrogen (secondary N) is 1. The molecule has 3 N–H and O–H groups in total. The molecule has 0 aliphatic carbocycles. The summed E-state index contributed by atoms with van der Waals surface area (Å²) in [4.78, 5) is 36.6. The van der Waals surface area contributed by atoms with Crippen LogP contribution in [-0.4, -0.2) is 21.6 Å². The van der Waals surface area contributed by atoms with Crippen molar-refractivity contribution in [2.75, 3.05) is 5.75 Å². The third-order valence-corrected chi connectivity index (χ3v) is 9.22. The van der Waals surface area contributed by atoms with E-state index < -0.39 is 0 Å². The van der Waals surface area contributed by atoms with Crippen LogP contribution in [0.15, 0.2) is 51.7 Å². The number of aromatic amines is 1. The summed E-state index contributed by atoms with van der Waals surface area (Å²) in [6.45, 7) is 1.83. The zero-order chi connectivity index (χ0) is 22.5. The molecule has 0 aliphatic rings. The van der Waals surface area contributed by atoms with Gasteiger partial charge in [0, 0.05) is 25.9 Å². The van der Waals surface area contributed by atoms with Crippen molar-refractivity contribution in [3.05, 3.63) is 67.4 Å². The lowest BCUT2D eigenvalue weighted by Gasteiger charge is -2.06. The van der Waals surface area contributed by atoms with Crippen molar-refractivity contribution in [2.24, 2.45) is 5.73 Å². The fourth-order valence-corrected chi connectivity index (χ4v) is 6.88. The normalized spacial score (nSPS) is 11.2. The minimum Gasteiger partial charge on any atom is -0.365 e. The van der Waals surface area contributed by atoms with E-state index >= 15 is 0 Å². The van der Waals surface area contributed by atoms with Crippen LogP contribution in [0.2, 0.25) is 0 Å². The molecular weight excluding hydrogens is 479 g/mol. The fraction of sp³-hybridized carbons (Fsp3) is 0.261. The molecule has 166 valence electrons. The van der Waals surface area contributed by atoms with E-state index in [9.17, 15) is 9.59 Å². The monoisotopic (exact) mass is 501 g/mol. The Labute approximate surface area is 202 Å². The maximum absolute atomic E-state index is 12.5. The molecule has 5 nitrogen and oxygen atoms in total. The lowest BCUT2D eigenvalue weighted by Crippen LogP contribution is -2.13. The van der Waals surface area contributed by atoms with Gasteiger partial charge in [-0.05, 0) is 61.9 Å². The number of thiophene rings is 3. The minimum absolute atomic E-state index is 0.0773. The summed E-state index contributed by atoms with van der Waals surface area (Å²) < 4.78 is 0. The highest BCUT2D eigenvalue weighted by atomic mass is 32.2. The van der Waals surface area contributed by atoms with Crippen LogP contribution in [-0.2, 0) is 6.42 Å². The minimum atomic E-state index is -0.359. The molecule has 0 aromatic carbocycles. The molecule has 0 spiro atoms. The first kappa shape index (κ1) is 23.0. The Bertz CT molecular complexity index is 1250. The Kier molecular flexibility index (Phi) is 7.62. The molecular formula is C23H23N3O2S4. The third kappa shape index (κ3) is 5.58. The van der Waals surface area contributed by atoms with Gasteiger partial charge in [-0.2, -0.15) is 0 Å². The quantitative estimate of drug-likeness (QED) is 0.154. The highest BCUT2D eigenvalue weighted by Crippen LogP contribution is 2.36. The van der Waals surface area contributed by atoms with Gasteiger partial charge in [0.25, 0.3) is 11.5 Å². The zero-order valence-electron chi connectivity index (χ0n) is 17.6. The SMILES string of the molecule is Cc1c(-c2ccc(-c3cccs3)s2)nc(SCCCCCc2ccc(C(N)=O)s2)[nH]c1=O. The van der Waals surface area contributed by atoms with E-state index in [-0.39, 0.29) is 11.5 Å². The molecule has 4 rings (SSSR count). The number of nitrogens with two attached hydrogens (primary N) is 1. The van der Waals surface area contributed by atoms with Crippen molar-refractivity contribution in [3.63, 3.8) is 0 Å². The molecule has 0 radical (unpaired) electrons. The van der Waals surface area contributed by atoms with Crippen LogP contribution in [0.3, 0.4) is 0 Å². The lowest BCUT2D eigenvalue weighted by atomic mass is 10.2. The molecule has 0 fully saturated rings. The van der Waals surface area contributed by atoms with Crippen molar-refractivity contribution in [3.8, 4) is 20.3 Å². The molecule has 0 aliphatic heterocycles. The van der Waals surface area contributed by atoms with Gasteiger partial charge < -0.3 is 10.7 Å². The second kappa shape index (κ2) is 10.6. The highest BCUT2D eigenvalue weighted by molar-refractivity contribution is 7.99. The summed E-state index contributed by atoms with van der Waals surface area (Å²) >= 11 is 6.45. The van der Waals surface area contributed by atoms with E-state index in [1.54, 1.807) is 40.5 Å². The van der Waals surface area contributed by atoms with E-state index in [4.69, 9.17) is 10.7 Å². The van der Waals surface area contributed by atoms with Gasteiger partial charge in [-0.1, -0.05) is 24.2 Å². The van der Waals surface area contributed by atoms with Crippen molar-refractivity contribution < 1.29 is 4.79 Å². The van der Waals surface area contributed by atoms with Crippen molar-refractivity contribution in [1.82, 2.24) is 9.97 Å². The van der Waals surface area contributed by atoms with Crippen LogP contribution in [0.1, 0.15) is 39.4 Å². The average Bonchev–Trinajstić information content (AvgIpc) is 3.54. The largest absolute Gasteiger partial charge is 0.365 e. The summed E-state index contributed by atoms with van der Waals surface area (Å²) in [6.07, 6.45) is 4.13. The predicted octanol–water partition coefficient (Wildman–Crippen LogP) is 6.20. The van der Waals surface area contributed by atoms with Crippen molar-refractivity contribution in [1.29, 1.82) is 0 Å². The van der Waals surface area contributed by atoms with Crippen LogP contribution in [0.5, 0.6) is 0 Å². The Hall–Kier alpha value is -2.20. The molecule has 0 atom stereocenters. The van der Waals surface area contributed by atoms with Crippen LogP contribution >= 0.6 is 45.8 Å². The molecule has 4 aromatic heterocycles. The van der Waals surface area contributed by atoms with E-state index in [0.29, 0.717) is 15.6 Å². The van der Waals surface area contributed by atoms with Gasteiger partial charge in [0.2, 0.25) is 0 Å². The topological polar surface area (TPSA) is 88.8 Å². The number of hydrogen-bond donors (Lipinski definition) is 2. The number of H-pyrrole nitrogens is 1. The number of carbonyl (C=O) groups excluding carboxylic acids is 1. The average molecular weight is 502 g/mol. The van der Waals surface area contributed by atoms with Crippen LogP contribution in [0.4, 0.5) is 0 Å². The van der Waals surface area contributed by atoms with Gasteiger partial charge in [0.15, 0.2) is 5.16 Å². The van der Waals surface area contributed by atoms with Gasteiger partial charge in [-0.25, -0.2) is 4.98 Å². The molecule has 4 aromatic rings. The number of aryl methyl sites for hydroxylation is 1. The van der Waals surface area contributed by atoms with Gasteiger partial charge in [-0.3, -0.25) is 9.59 Å². The zero-order valence-corrected chi connectivity index (χ0v) is 20.8. The Morgan fingerprint density at radius 2 is 1.91 bits per heavy atom. The van der Waals surface area contributed by atoms with E-state index in [0.717, 1.165) is 42.0 Å². The first-order valence-corrected chi connectivity index (χ1v) is 13.8. The number of hydrogen-bond acceptors (Lipinski definition) is 7. The number of thioether (sulfide) groups is 1. The van der Waals surface area contributed by atoms with E-state index in [2.05, 4.69) is 28.6 Å². The number of aromatic nitrogens is 2. The van der Waals surface area contributed by atoms with Crippen molar-refractivity contribution in [2.45, 2.75) is 37.8 Å². The lowest BCUT2D eigenvalue weighted by molar-refractivity contribution is 0.100. The van der Waals surface area contributed by atoms with E-state index in [1.807, 2.05) is 19.1 Å². The fourth-order valence-electron chi connectivity index (χ4n) is 3.23. The molecule has 1 amide bonds. The summed E-state index contributed by atoms with van der Waals surface area (Å²) in [6, 6.07) is 12.1. The summed E-state index contributed by atoms with van der Waals surface area (Å²) in [5.41, 5.74) is 6.65. The highest BCUT2D eigenvalue weighted by Gasteiger charge is 2.13. The van der Waals surface area contributed by atoms with Crippen LogP contribution < -0.4 is 11.3 Å². The summed E-state index contributed by atoms with van der Waals surface area (Å²) in [5.74, 6) is 0.537. The third-order valence-electron chi connectivity index (χ3n) is 4.94. The molecule has 0 saturated carbocycles. The predicted molar refractivity (Wildman–Crippen MR) is 137 cm³/mol. The van der Waals surface area contributed by atoms with Gasteiger partial charge in [0.05, 0.1) is 15.4 Å². The number of carbonyl (C=O) groups is 1. The number of unbranched alkanes of at least 4 members (excludes halogenated alkanes) is 2. The molecule has 0 bridgehead atoms. The number of rotatable bonds is 10. The van der Waals surface area contributed by atoms with Gasteiger partial charge >= 0.3 is 0 Å². The first-order valence-electron chi connectivity index (χ1n) is 10.3. The number of amides is 1. The number of nitrogens with zero attached hydrogens (tertiary/aromatic N) is 1. The second-order valence-electron chi connectivity index (χ2n) is 7.28. The van der Waals surface area contributed by atoms with Gasteiger partial charge in [0.1, 0.15) is 0 Å². The molecule has 32 heavy (non-hydrogen) atoms. The molecule has 0 saturated heterocycles. The molecule has 0 unspecified atom stereocenters. The van der Waals surface area contributed by atoms with Crippen LogP contribution in [0, 0.1) is 6.92 Å². The first-order chi connectivity index (χ1) is 15.5. The maximum atomic E-state index is 12.5. The Morgan fingerprint density at radius 1 is 1.06 bits per heavy atom. The standard InChI is InChI=1S/C23H23N3O2S4/c1-14-20(18-11-10-17(32-18)16-7-5-13-29-16)25-23(26-22(14)28)30-12-4-2-3-6-15-8-9-19(31-15)21(24)27/h5,7-11,13H,2-4,6,12H2,1H3,(H2,24,27)(H,25,26,28). The summed E-state index contributed by atoms with van der Waals surface area (Å²) in [7, 11) is 0. The maximum Gasteiger partial charge on any atom is 0.258 e. The number of primary amides is 1. The Balaban J connectivity index is 1.32. The molecule has 9 heteroatoms. The van der Waals surface area contributed by atoms with Crippen LogP contribution in [0.25, 0.3) is 20.3 Å². The molecule has 4 heterocycles. The summed E-state index contributed by atoms with van der Waals surface area (Å²) in [5, 5.41) is 2.74. The van der Waals surface area contributed by atoms with E-state index in [1.165, 1.54) is 26.0 Å². The smallest absolute Gasteiger partial charge is 0.258 e.